The highest BCUT2D eigenvalue weighted by Crippen LogP contribution is 2.32. The number of fused-ring (bicyclic) bond motifs is 2. The molecule has 0 unspecified atom stereocenters. The van der Waals surface area contributed by atoms with Crippen LogP contribution in [0.15, 0.2) is 36.7 Å². The molecule has 0 amide bonds. The predicted molar refractivity (Wildman–Crippen MR) is 122 cm³/mol. The van der Waals surface area contributed by atoms with Crippen LogP contribution in [0.5, 0.6) is 0 Å². The Labute approximate surface area is 178 Å². The molecule has 0 atom stereocenters. The molecule has 1 aliphatic rings. The maximum absolute atomic E-state index is 4.85. The number of allylic oxidation sites excluding steroid dienone is 2. The molecule has 0 spiro atoms. The van der Waals surface area contributed by atoms with E-state index in [4.69, 9.17) is 5.10 Å². The van der Waals surface area contributed by atoms with Crippen LogP contribution in [-0.2, 0) is 26.6 Å². The fourth-order valence-corrected chi connectivity index (χ4v) is 4.22. The summed E-state index contributed by atoms with van der Waals surface area (Å²) in [4.78, 5) is 7.10. The molecule has 0 saturated carbocycles. The summed E-state index contributed by atoms with van der Waals surface area (Å²) in [5.74, 6) is 0. The van der Waals surface area contributed by atoms with Gasteiger partial charge in [0.15, 0.2) is 5.65 Å². The van der Waals surface area contributed by atoms with Crippen LogP contribution < -0.4 is 10.2 Å². The maximum atomic E-state index is 4.85. The summed E-state index contributed by atoms with van der Waals surface area (Å²) in [6.07, 6.45) is 4.73. The monoisotopic (exact) mass is 405 g/mol. The lowest BCUT2D eigenvalue weighted by Crippen LogP contribution is -2.31. The highest BCUT2D eigenvalue weighted by Gasteiger charge is 2.25. The lowest BCUT2D eigenvalue weighted by molar-refractivity contribution is 0.596. The van der Waals surface area contributed by atoms with E-state index in [9.17, 15) is 0 Å². The van der Waals surface area contributed by atoms with Crippen molar-refractivity contribution in [2.45, 2.75) is 46.2 Å². The predicted octanol–water partition coefficient (Wildman–Crippen LogP) is 3.41. The van der Waals surface area contributed by atoms with E-state index in [0.717, 1.165) is 67.0 Å². The summed E-state index contributed by atoms with van der Waals surface area (Å²) in [6.45, 7) is 15.0. The van der Waals surface area contributed by atoms with E-state index >= 15 is 0 Å². The lowest BCUT2D eigenvalue weighted by atomic mass is 10.0. The van der Waals surface area contributed by atoms with Crippen LogP contribution in [0.3, 0.4) is 0 Å². The van der Waals surface area contributed by atoms with Crippen molar-refractivity contribution >= 4 is 16.7 Å². The van der Waals surface area contributed by atoms with Crippen molar-refractivity contribution in [1.82, 2.24) is 29.9 Å². The molecule has 0 saturated heterocycles. The minimum atomic E-state index is 0.772. The first-order valence-corrected chi connectivity index (χ1v) is 10.5. The summed E-state index contributed by atoms with van der Waals surface area (Å²) in [7, 11) is 3.85. The van der Waals surface area contributed by atoms with E-state index in [1.54, 1.807) is 0 Å². The normalized spacial score (nSPS) is 13.5. The first-order chi connectivity index (χ1) is 14.4. The van der Waals surface area contributed by atoms with Crippen molar-refractivity contribution in [3.63, 3.8) is 0 Å². The smallest absolute Gasteiger partial charge is 0.159 e. The number of anilines is 1. The van der Waals surface area contributed by atoms with Gasteiger partial charge in [-0.1, -0.05) is 18.7 Å². The van der Waals surface area contributed by atoms with Gasteiger partial charge in [-0.3, -0.25) is 9.36 Å². The fourth-order valence-electron chi connectivity index (χ4n) is 4.22. The first-order valence-electron chi connectivity index (χ1n) is 10.5. The maximum Gasteiger partial charge on any atom is 0.159 e. The molecular weight excluding hydrogens is 374 g/mol. The Balaban J connectivity index is 1.56. The molecule has 30 heavy (non-hydrogen) atoms. The van der Waals surface area contributed by atoms with E-state index in [1.165, 1.54) is 22.5 Å². The van der Waals surface area contributed by atoms with Crippen LogP contribution in [0.2, 0.25) is 0 Å². The standard InChI is InChI=1S/C23H31N7/c1-15(7-8-16(2)24-5)13-30-21-9-10-29(14-20(21)18(4)27-30)22-11-17(3)26-23-19(22)12-25-28(23)6/h11-12,24H,1-2,7-10,13-14H2,3-6H3. The van der Waals surface area contributed by atoms with E-state index < -0.39 is 0 Å². The average Bonchev–Trinajstić information content (AvgIpc) is 3.25. The van der Waals surface area contributed by atoms with E-state index in [2.05, 4.69) is 51.1 Å². The quantitative estimate of drug-likeness (QED) is 0.610. The number of aromatic nitrogens is 5. The second-order valence-corrected chi connectivity index (χ2v) is 8.23. The second-order valence-electron chi connectivity index (χ2n) is 8.23. The third kappa shape index (κ3) is 3.72. The minimum absolute atomic E-state index is 0.772. The van der Waals surface area contributed by atoms with Crippen molar-refractivity contribution in [2.75, 3.05) is 18.5 Å². The van der Waals surface area contributed by atoms with Crippen molar-refractivity contribution in [1.29, 1.82) is 0 Å². The summed E-state index contributed by atoms with van der Waals surface area (Å²) < 4.78 is 4.00. The van der Waals surface area contributed by atoms with Crippen molar-refractivity contribution in [3.8, 4) is 0 Å². The Morgan fingerprint density at radius 1 is 1.23 bits per heavy atom. The molecule has 1 aliphatic heterocycles. The van der Waals surface area contributed by atoms with Gasteiger partial charge in [-0.2, -0.15) is 10.2 Å². The molecule has 0 aromatic carbocycles. The molecule has 0 bridgehead atoms. The zero-order valence-electron chi connectivity index (χ0n) is 18.5. The van der Waals surface area contributed by atoms with E-state index in [0.29, 0.717) is 0 Å². The Hall–Kier alpha value is -3.09. The number of nitrogens with one attached hydrogen (secondary N) is 1. The fraction of sp³-hybridized carbons (Fsp3) is 0.435. The van der Waals surface area contributed by atoms with Crippen molar-refractivity contribution < 1.29 is 0 Å². The molecule has 7 heteroatoms. The molecule has 0 fully saturated rings. The molecule has 0 radical (unpaired) electrons. The van der Waals surface area contributed by atoms with Gasteiger partial charge in [-0.15, -0.1) is 0 Å². The number of hydrogen-bond acceptors (Lipinski definition) is 5. The number of rotatable bonds is 7. The van der Waals surface area contributed by atoms with Crippen LogP contribution in [-0.4, -0.2) is 38.1 Å². The van der Waals surface area contributed by atoms with Crippen LogP contribution >= 0.6 is 0 Å². The van der Waals surface area contributed by atoms with Crippen LogP contribution in [0.25, 0.3) is 11.0 Å². The van der Waals surface area contributed by atoms with Crippen molar-refractivity contribution in [3.05, 3.63) is 59.3 Å². The Bertz CT molecular complexity index is 1120. The second kappa shape index (κ2) is 7.97. The van der Waals surface area contributed by atoms with Gasteiger partial charge in [0.05, 0.1) is 29.5 Å². The molecule has 3 aromatic heterocycles. The SMILES string of the molecule is C=C(CCC(=C)NC)Cn1nc(C)c2c1CCN(c1cc(C)nc3c1cnn3C)C2. The van der Waals surface area contributed by atoms with Gasteiger partial charge in [0, 0.05) is 56.3 Å². The van der Waals surface area contributed by atoms with Gasteiger partial charge in [0.25, 0.3) is 0 Å². The molecule has 4 rings (SSSR count). The van der Waals surface area contributed by atoms with Gasteiger partial charge in [0.1, 0.15) is 0 Å². The first kappa shape index (κ1) is 20.2. The average molecular weight is 406 g/mol. The highest BCUT2D eigenvalue weighted by atomic mass is 15.3. The molecule has 0 aliphatic carbocycles. The Kier molecular flexibility index (Phi) is 5.37. The minimum Gasteiger partial charge on any atom is -0.392 e. The molecule has 7 nitrogen and oxygen atoms in total. The molecule has 4 heterocycles. The van der Waals surface area contributed by atoms with Gasteiger partial charge >= 0.3 is 0 Å². The number of aryl methyl sites for hydroxylation is 3. The third-order valence-electron chi connectivity index (χ3n) is 5.99. The van der Waals surface area contributed by atoms with Gasteiger partial charge < -0.3 is 10.2 Å². The van der Waals surface area contributed by atoms with Crippen LogP contribution in [0.4, 0.5) is 5.69 Å². The van der Waals surface area contributed by atoms with Gasteiger partial charge in [0.2, 0.25) is 0 Å². The number of nitrogens with zero attached hydrogens (tertiary/aromatic N) is 6. The zero-order valence-corrected chi connectivity index (χ0v) is 18.5. The van der Waals surface area contributed by atoms with Gasteiger partial charge in [-0.05, 0) is 32.8 Å². The van der Waals surface area contributed by atoms with E-state index in [1.807, 2.05) is 31.9 Å². The Morgan fingerprint density at radius 2 is 2.03 bits per heavy atom. The number of hydrogen-bond donors (Lipinski definition) is 1. The van der Waals surface area contributed by atoms with Crippen LogP contribution in [0.1, 0.15) is 35.5 Å². The largest absolute Gasteiger partial charge is 0.392 e. The highest BCUT2D eigenvalue weighted by molar-refractivity contribution is 5.89. The lowest BCUT2D eigenvalue weighted by Gasteiger charge is -2.30. The van der Waals surface area contributed by atoms with Crippen molar-refractivity contribution in [2.24, 2.45) is 7.05 Å². The summed E-state index contributed by atoms with van der Waals surface area (Å²) in [5, 5.41) is 13.5. The molecule has 3 aromatic rings. The zero-order chi connectivity index (χ0) is 21.4. The molecule has 158 valence electrons. The molecular formula is C23H31N7. The van der Waals surface area contributed by atoms with Gasteiger partial charge in [-0.25, -0.2) is 4.98 Å². The van der Waals surface area contributed by atoms with Crippen LogP contribution in [0, 0.1) is 13.8 Å². The summed E-state index contributed by atoms with van der Waals surface area (Å²) in [5.41, 5.74) is 9.15. The summed E-state index contributed by atoms with van der Waals surface area (Å²) in [6, 6.07) is 2.17. The third-order valence-corrected chi connectivity index (χ3v) is 5.99. The molecule has 1 N–H and O–H groups in total. The summed E-state index contributed by atoms with van der Waals surface area (Å²) >= 11 is 0. The van der Waals surface area contributed by atoms with E-state index in [-0.39, 0.29) is 0 Å². The number of pyridine rings is 1. The Morgan fingerprint density at radius 3 is 2.80 bits per heavy atom. The topological polar surface area (TPSA) is 63.8 Å².